The minimum atomic E-state index is -3.15. The van der Waals surface area contributed by atoms with Gasteiger partial charge in [0.05, 0.1) is 36.8 Å². The van der Waals surface area contributed by atoms with Crippen molar-refractivity contribution in [2.45, 2.75) is 17.7 Å². The van der Waals surface area contributed by atoms with E-state index in [9.17, 15) is 13.2 Å². The second-order valence-corrected chi connectivity index (χ2v) is 10.7. The number of sulfone groups is 1. The summed E-state index contributed by atoms with van der Waals surface area (Å²) < 4.78 is 29.9. The summed E-state index contributed by atoms with van der Waals surface area (Å²) in [5.74, 6) is 0.329. The Labute approximate surface area is 178 Å². The van der Waals surface area contributed by atoms with Gasteiger partial charge in [-0.25, -0.2) is 8.42 Å². The van der Waals surface area contributed by atoms with Crippen molar-refractivity contribution in [2.24, 2.45) is 4.99 Å². The van der Waals surface area contributed by atoms with Crippen molar-refractivity contribution >= 4 is 50.0 Å². The molecule has 0 aliphatic carbocycles. The molecule has 0 N–H and O–H groups in total. The SMILES string of the molecule is COc1ccc(Cl)cc1N1C(=NC(=O)Cc2ccccc2)S[C@H]2CS(=O)(=O)C[C@@H]21. The first kappa shape index (κ1) is 20.3. The Bertz CT molecular complexity index is 1070. The normalized spacial score (nSPS) is 23.9. The smallest absolute Gasteiger partial charge is 0.252 e. The topological polar surface area (TPSA) is 76.0 Å². The number of thioether (sulfide) groups is 1. The van der Waals surface area contributed by atoms with Gasteiger partial charge in [-0.15, -0.1) is 0 Å². The van der Waals surface area contributed by atoms with E-state index < -0.39 is 9.84 Å². The largest absolute Gasteiger partial charge is 0.495 e. The summed E-state index contributed by atoms with van der Waals surface area (Å²) in [6.45, 7) is 0. The van der Waals surface area contributed by atoms with Crippen molar-refractivity contribution in [3.63, 3.8) is 0 Å². The highest BCUT2D eigenvalue weighted by atomic mass is 35.5. The predicted molar refractivity (Wildman–Crippen MR) is 117 cm³/mol. The Kier molecular flexibility index (Phi) is 5.59. The van der Waals surface area contributed by atoms with Gasteiger partial charge in [-0.3, -0.25) is 4.79 Å². The molecule has 0 unspecified atom stereocenters. The third kappa shape index (κ3) is 4.29. The zero-order valence-electron chi connectivity index (χ0n) is 15.6. The molecule has 2 aromatic rings. The number of anilines is 1. The van der Waals surface area contributed by atoms with Gasteiger partial charge in [0.2, 0.25) is 0 Å². The van der Waals surface area contributed by atoms with Gasteiger partial charge in [-0.1, -0.05) is 53.7 Å². The zero-order valence-corrected chi connectivity index (χ0v) is 18.0. The molecule has 2 atom stereocenters. The average Bonchev–Trinajstić information content (AvgIpc) is 3.13. The highest BCUT2D eigenvalue weighted by Crippen LogP contribution is 2.44. The molecule has 2 aliphatic heterocycles. The molecule has 0 bridgehead atoms. The van der Waals surface area contributed by atoms with Crippen LogP contribution in [0, 0.1) is 0 Å². The van der Waals surface area contributed by atoms with Crippen LogP contribution in [0.1, 0.15) is 5.56 Å². The number of carbonyl (C=O) groups excluding carboxylic acids is 1. The van der Waals surface area contributed by atoms with Crippen LogP contribution >= 0.6 is 23.4 Å². The second kappa shape index (κ2) is 8.01. The number of amidine groups is 1. The van der Waals surface area contributed by atoms with Crippen molar-refractivity contribution in [3.8, 4) is 5.75 Å². The van der Waals surface area contributed by atoms with E-state index in [0.29, 0.717) is 21.6 Å². The van der Waals surface area contributed by atoms with Crippen LogP contribution in [0.25, 0.3) is 0 Å². The van der Waals surface area contributed by atoms with Gasteiger partial charge in [-0.2, -0.15) is 4.99 Å². The van der Waals surface area contributed by atoms with Crippen molar-refractivity contribution in [1.29, 1.82) is 0 Å². The number of hydrogen-bond donors (Lipinski definition) is 0. The van der Waals surface area contributed by atoms with Crippen LogP contribution in [0.3, 0.4) is 0 Å². The van der Waals surface area contributed by atoms with E-state index in [1.807, 2.05) is 30.3 Å². The molecule has 2 aliphatic rings. The standard InChI is InChI=1S/C20H19ClN2O4S2/c1-27-17-8-7-14(21)10-15(17)23-16-11-29(25,26)12-18(16)28-20(23)22-19(24)9-13-5-3-2-4-6-13/h2-8,10,16,18H,9,11-12H2,1H3/t16-,18-/m0/s1. The number of aliphatic imine (C=N–C) groups is 1. The van der Waals surface area contributed by atoms with E-state index >= 15 is 0 Å². The molecule has 4 rings (SSSR count). The second-order valence-electron chi connectivity index (χ2n) is 6.94. The van der Waals surface area contributed by atoms with Crippen molar-refractivity contribution < 1.29 is 17.9 Å². The molecule has 0 saturated carbocycles. The van der Waals surface area contributed by atoms with Crippen LogP contribution in [0.15, 0.2) is 53.5 Å². The number of fused-ring (bicyclic) bond motifs is 1. The lowest BCUT2D eigenvalue weighted by Gasteiger charge is -2.26. The summed E-state index contributed by atoms with van der Waals surface area (Å²) >= 11 is 7.53. The number of carbonyl (C=O) groups is 1. The summed E-state index contributed by atoms with van der Waals surface area (Å²) in [4.78, 5) is 18.7. The molecule has 2 fully saturated rings. The fourth-order valence-electron chi connectivity index (χ4n) is 3.61. The summed E-state index contributed by atoms with van der Waals surface area (Å²) in [5.41, 5.74) is 1.49. The van der Waals surface area contributed by atoms with Crippen molar-refractivity contribution in [1.82, 2.24) is 0 Å². The van der Waals surface area contributed by atoms with Crippen LogP contribution in [0.4, 0.5) is 5.69 Å². The van der Waals surface area contributed by atoms with Crippen LogP contribution in [0.2, 0.25) is 5.02 Å². The first-order valence-electron chi connectivity index (χ1n) is 9.01. The molecule has 2 aromatic carbocycles. The van der Waals surface area contributed by atoms with E-state index in [0.717, 1.165) is 5.56 Å². The lowest BCUT2D eigenvalue weighted by atomic mass is 10.1. The fraction of sp³-hybridized carbons (Fsp3) is 0.300. The number of ether oxygens (including phenoxy) is 1. The van der Waals surface area contributed by atoms with Gasteiger partial charge in [0.15, 0.2) is 15.0 Å². The van der Waals surface area contributed by atoms with Gasteiger partial charge in [-0.05, 0) is 23.8 Å². The highest BCUT2D eigenvalue weighted by molar-refractivity contribution is 8.16. The van der Waals surface area contributed by atoms with Crippen molar-refractivity contribution in [3.05, 3.63) is 59.1 Å². The number of hydrogen-bond acceptors (Lipinski definition) is 5. The monoisotopic (exact) mass is 450 g/mol. The summed E-state index contributed by atoms with van der Waals surface area (Å²) in [5, 5.41) is 0.786. The molecular formula is C20H19ClN2O4S2. The van der Waals surface area contributed by atoms with Crippen molar-refractivity contribution in [2.75, 3.05) is 23.5 Å². The van der Waals surface area contributed by atoms with E-state index in [2.05, 4.69) is 4.99 Å². The van der Waals surface area contributed by atoms with Crippen LogP contribution in [0.5, 0.6) is 5.75 Å². The minimum absolute atomic E-state index is 0.00618. The number of methoxy groups -OCH3 is 1. The van der Waals surface area contributed by atoms with Gasteiger partial charge < -0.3 is 9.64 Å². The van der Waals surface area contributed by atoms with E-state index in [1.54, 1.807) is 23.1 Å². The number of nitrogens with zero attached hydrogens (tertiary/aromatic N) is 2. The average molecular weight is 451 g/mol. The highest BCUT2D eigenvalue weighted by Gasteiger charge is 2.50. The van der Waals surface area contributed by atoms with Gasteiger partial charge in [0.1, 0.15) is 5.75 Å². The Balaban J connectivity index is 1.71. The third-order valence-electron chi connectivity index (χ3n) is 4.89. The number of halogens is 1. The fourth-order valence-corrected chi connectivity index (χ4v) is 7.70. The molecule has 0 spiro atoms. The Hall–Kier alpha value is -2.03. The van der Waals surface area contributed by atoms with Gasteiger partial charge in [0.25, 0.3) is 5.91 Å². The minimum Gasteiger partial charge on any atom is -0.495 e. The van der Waals surface area contributed by atoms with Gasteiger partial charge >= 0.3 is 0 Å². The number of rotatable bonds is 4. The molecule has 0 aromatic heterocycles. The lowest BCUT2D eigenvalue weighted by molar-refractivity contribution is -0.117. The zero-order chi connectivity index (χ0) is 20.6. The summed E-state index contributed by atoms with van der Waals surface area (Å²) in [7, 11) is -1.61. The molecular weight excluding hydrogens is 432 g/mol. The molecule has 9 heteroatoms. The summed E-state index contributed by atoms with van der Waals surface area (Å²) in [6, 6.07) is 14.2. The summed E-state index contributed by atoms with van der Waals surface area (Å²) in [6.07, 6.45) is 0.180. The van der Waals surface area contributed by atoms with E-state index in [1.165, 1.54) is 18.9 Å². The molecule has 2 saturated heterocycles. The molecule has 0 radical (unpaired) electrons. The van der Waals surface area contributed by atoms with E-state index in [4.69, 9.17) is 16.3 Å². The van der Waals surface area contributed by atoms with Crippen LogP contribution in [-0.4, -0.2) is 49.4 Å². The maximum atomic E-state index is 12.6. The molecule has 29 heavy (non-hydrogen) atoms. The third-order valence-corrected chi connectivity index (χ3v) is 8.33. The van der Waals surface area contributed by atoms with E-state index in [-0.39, 0.29) is 35.1 Å². The van der Waals surface area contributed by atoms with Gasteiger partial charge in [0, 0.05) is 10.3 Å². The van der Waals surface area contributed by atoms with Crippen LogP contribution < -0.4 is 9.64 Å². The molecule has 2 heterocycles. The molecule has 152 valence electrons. The first-order chi connectivity index (χ1) is 13.9. The predicted octanol–water partition coefficient (Wildman–Crippen LogP) is 3.19. The lowest BCUT2D eigenvalue weighted by Crippen LogP contribution is -2.38. The molecule has 1 amide bonds. The molecule has 6 nitrogen and oxygen atoms in total. The first-order valence-corrected chi connectivity index (χ1v) is 12.1. The van der Waals surface area contributed by atoms with Crippen LogP contribution in [-0.2, 0) is 21.1 Å². The maximum absolute atomic E-state index is 12.6. The quantitative estimate of drug-likeness (QED) is 0.712. The Morgan fingerprint density at radius 1 is 1.24 bits per heavy atom. The Morgan fingerprint density at radius 2 is 2.00 bits per heavy atom. The maximum Gasteiger partial charge on any atom is 0.252 e. The number of benzene rings is 2. The number of amides is 1. The Morgan fingerprint density at radius 3 is 2.72 bits per heavy atom.